The lowest BCUT2D eigenvalue weighted by molar-refractivity contribution is 0.0950. The largest absolute Gasteiger partial charge is 0.354 e. The number of nitrogens with zero attached hydrogens (tertiary/aromatic N) is 2. The van der Waals surface area contributed by atoms with Gasteiger partial charge in [0, 0.05) is 25.5 Å². The summed E-state index contributed by atoms with van der Waals surface area (Å²) in [6.45, 7) is 5.41. The Balaban J connectivity index is 1.91. The Morgan fingerprint density at radius 2 is 2.00 bits per heavy atom. The van der Waals surface area contributed by atoms with Crippen LogP contribution in [-0.4, -0.2) is 22.4 Å². The van der Waals surface area contributed by atoms with Crippen LogP contribution < -0.4 is 10.6 Å². The number of hydrogen-bond acceptors (Lipinski definition) is 4. The number of carbonyl (C=O) groups excluding carboxylic acids is 1. The number of nitrogens with one attached hydrogen (secondary N) is 2. The Bertz CT molecular complexity index is 595. The molecular formula is C16H20N4O. The molecule has 0 saturated carbocycles. The second-order valence-corrected chi connectivity index (χ2v) is 4.89. The van der Waals surface area contributed by atoms with Crippen molar-refractivity contribution in [2.75, 3.05) is 11.9 Å². The summed E-state index contributed by atoms with van der Waals surface area (Å²) in [6, 6.07) is 8.05. The van der Waals surface area contributed by atoms with E-state index >= 15 is 0 Å². The van der Waals surface area contributed by atoms with E-state index in [-0.39, 0.29) is 5.91 Å². The molecule has 1 heterocycles. The molecule has 5 nitrogen and oxygen atoms in total. The van der Waals surface area contributed by atoms with Crippen molar-refractivity contribution in [1.29, 1.82) is 0 Å². The lowest BCUT2D eigenvalue weighted by Gasteiger charge is -2.07. The summed E-state index contributed by atoms with van der Waals surface area (Å²) in [6.07, 6.45) is 4.08. The van der Waals surface area contributed by atoms with Gasteiger partial charge in [-0.2, -0.15) is 0 Å². The summed E-state index contributed by atoms with van der Waals surface area (Å²) >= 11 is 0. The highest BCUT2D eigenvalue weighted by Crippen LogP contribution is 2.05. The van der Waals surface area contributed by atoms with Crippen LogP contribution in [0.5, 0.6) is 0 Å². The highest BCUT2D eigenvalue weighted by molar-refractivity contribution is 5.93. The lowest BCUT2D eigenvalue weighted by atomic mass is 10.1. The number of anilines is 1. The average molecular weight is 284 g/mol. The van der Waals surface area contributed by atoms with Crippen molar-refractivity contribution in [3.8, 4) is 0 Å². The predicted molar refractivity (Wildman–Crippen MR) is 83.2 cm³/mol. The quantitative estimate of drug-likeness (QED) is 0.855. The van der Waals surface area contributed by atoms with E-state index in [1.165, 1.54) is 18.0 Å². The predicted octanol–water partition coefficient (Wildman–Crippen LogP) is 2.54. The van der Waals surface area contributed by atoms with Crippen LogP contribution in [0.4, 0.5) is 5.95 Å². The van der Waals surface area contributed by atoms with Crippen LogP contribution >= 0.6 is 0 Å². The number of benzene rings is 1. The molecule has 1 aromatic heterocycles. The number of aromatic nitrogens is 2. The second kappa shape index (κ2) is 7.38. The summed E-state index contributed by atoms with van der Waals surface area (Å²) in [5.41, 5.74) is 2.71. The Kier molecular flexibility index (Phi) is 5.26. The van der Waals surface area contributed by atoms with Crippen LogP contribution in [0.25, 0.3) is 0 Å². The van der Waals surface area contributed by atoms with Gasteiger partial charge in [-0.25, -0.2) is 9.97 Å². The van der Waals surface area contributed by atoms with Crippen molar-refractivity contribution in [2.24, 2.45) is 0 Å². The van der Waals surface area contributed by atoms with Gasteiger partial charge in [0.15, 0.2) is 0 Å². The summed E-state index contributed by atoms with van der Waals surface area (Å²) in [7, 11) is 0. The van der Waals surface area contributed by atoms with Gasteiger partial charge in [0.05, 0.1) is 5.56 Å². The first-order valence-corrected chi connectivity index (χ1v) is 7.08. The molecule has 0 bridgehead atoms. The molecule has 110 valence electrons. The van der Waals surface area contributed by atoms with Gasteiger partial charge in [-0.1, -0.05) is 36.8 Å². The zero-order valence-electron chi connectivity index (χ0n) is 12.4. The van der Waals surface area contributed by atoms with Crippen LogP contribution in [0.2, 0.25) is 0 Å². The number of hydrogen-bond donors (Lipinski definition) is 2. The molecule has 0 unspecified atom stereocenters. The fourth-order valence-corrected chi connectivity index (χ4v) is 1.88. The molecule has 0 fully saturated rings. The maximum Gasteiger partial charge on any atom is 0.254 e. The zero-order valence-corrected chi connectivity index (χ0v) is 12.4. The van der Waals surface area contributed by atoms with Crippen LogP contribution in [-0.2, 0) is 6.54 Å². The minimum Gasteiger partial charge on any atom is -0.354 e. The van der Waals surface area contributed by atoms with E-state index < -0.39 is 0 Å². The molecule has 0 radical (unpaired) electrons. The highest BCUT2D eigenvalue weighted by atomic mass is 16.1. The smallest absolute Gasteiger partial charge is 0.254 e. The summed E-state index contributed by atoms with van der Waals surface area (Å²) in [4.78, 5) is 20.3. The molecular weight excluding hydrogens is 264 g/mol. The monoisotopic (exact) mass is 284 g/mol. The first-order chi connectivity index (χ1) is 10.2. The number of amides is 1. The summed E-state index contributed by atoms with van der Waals surface area (Å²) < 4.78 is 0. The fraction of sp³-hybridized carbons (Fsp3) is 0.312. The van der Waals surface area contributed by atoms with E-state index in [1.54, 1.807) is 0 Å². The Morgan fingerprint density at radius 3 is 2.67 bits per heavy atom. The van der Waals surface area contributed by atoms with Crippen molar-refractivity contribution in [2.45, 2.75) is 26.8 Å². The molecule has 0 aliphatic heterocycles. The molecule has 1 amide bonds. The van der Waals surface area contributed by atoms with Gasteiger partial charge in [0.25, 0.3) is 5.91 Å². The van der Waals surface area contributed by atoms with Gasteiger partial charge in [-0.3, -0.25) is 4.79 Å². The first kappa shape index (κ1) is 15.0. The molecule has 0 aliphatic rings. The summed E-state index contributed by atoms with van der Waals surface area (Å²) in [5, 5.41) is 5.94. The van der Waals surface area contributed by atoms with Gasteiger partial charge in [-0.15, -0.1) is 0 Å². The fourth-order valence-electron chi connectivity index (χ4n) is 1.88. The summed E-state index contributed by atoms with van der Waals surface area (Å²) in [5.74, 6) is 0.380. The van der Waals surface area contributed by atoms with E-state index in [0.29, 0.717) is 18.1 Å². The molecule has 2 rings (SSSR count). The Hall–Kier alpha value is -2.43. The van der Waals surface area contributed by atoms with E-state index in [2.05, 4.69) is 33.6 Å². The Labute approximate surface area is 124 Å². The van der Waals surface area contributed by atoms with E-state index in [1.807, 2.05) is 25.1 Å². The van der Waals surface area contributed by atoms with Crippen LogP contribution in [0, 0.1) is 6.92 Å². The minimum absolute atomic E-state index is 0.168. The van der Waals surface area contributed by atoms with Gasteiger partial charge < -0.3 is 10.6 Å². The topological polar surface area (TPSA) is 66.9 Å². The zero-order chi connectivity index (χ0) is 15.1. The van der Waals surface area contributed by atoms with Gasteiger partial charge >= 0.3 is 0 Å². The molecule has 21 heavy (non-hydrogen) atoms. The molecule has 0 atom stereocenters. The molecule has 0 saturated heterocycles. The first-order valence-electron chi connectivity index (χ1n) is 7.08. The minimum atomic E-state index is -0.168. The van der Waals surface area contributed by atoms with Crippen molar-refractivity contribution in [3.63, 3.8) is 0 Å². The third-order valence-corrected chi connectivity index (χ3v) is 2.98. The van der Waals surface area contributed by atoms with E-state index in [0.717, 1.165) is 18.5 Å². The maximum absolute atomic E-state index is 12.0. The third-order valence-electron chi connectivity index (χ3n) is 2.98. The standard InChI is InChI=1S/C16H20N4O/c1-3-7-17-16-19-10-14(11-20-16)15(21)18-9-13-6-4-5-12(2)8-13/h4-6,8,10-11H,3,7,9H2,1-2H3,(H,18,21)(H,17,19,20). The van der Waals surface area contributed by atoms with Gasteiger partial charge in [0.2, 0.25) is 5.95 Å². The molecule has 2 N–H and O–H groups in total. The van der Waals surface area contributed by atoms with E-state index in [4.69, 9.17) is 0 Å². The van der Waals surface area contributed by atoms with Crippen LogP contribution in [0.15, 0.2) is 36.7 Å². The van der Waals surface area contributed by atoms with Crippen molar-refractivity contribution in [1.82, 2.24) is 15.3 Å². The van der Waals surface area contributed by atoms with Gasteiger partial charge in [0.1, 0.15) is 0 Å². The normalized spacial score (nSPS) is 10.2. The molecule has 5 heteroatoms. The highest BCUT2D eigenvalue weighted by Gasteiger charge is 2.06. The van der Waals surface area contributed by atoms with Gasteiger partial charge in [-0.05, 0) is 18.9 Å². The van der Waals surface area contributed by atoms with Crippen LogP contribution in [0.1, 0.15) is 34.8 Å². The van der Waals surface area contributed by atoms with Crippen molar-refractivity contribution in [3.05, 3.63) is 53.3 Å². The third kappa shape index (κ3) is 4.56. The molecule has 0 aliphatic carbocycles. The molecule has 1 aromatic carbocycles. The maximum atomic E-state index is 12.0. The van der Waals surface area contributed by atoms with Crippen molar-refractivity contribution >= 4 is 11.9 Å². The number of rotatable bonds is 6. The number of carbonyl (C=O) groups is 1. The van der Waals surface area contributed by atoms with E-state index in [9.17, 15) is 4.79 Å². The molecule has 0 spiro atoms. The second-order valence-electron chi connectivity index (χ2n) is 4.89. The number of aryl methyl sites for hydroxylation is 1. The Morgan fingerprint density at radius 1 is 1.24 bits per heavy atom. The van der Waals surface area contributed by atoms with Crippen molar-refractivity contribution < 1.29 is 4.79 Å². The average Bonchev–Trinajstić information content (AvgIpc) is 2.51. The van der Waals surface area contributed by atoms with Crippen LogP contribution in [0.3, 0.4) is 0 Å². The lowest BCUT2D eigenvalue weighted by Crippen LogP contribution is -2.23. The molecule has 2 aromatic rings. The SMILES string of the molecule is CCCNc1ncc(C(=O)NCc2cccc(C)c2)cn1.